The molecule has 3 rings (SSSR count). The van der Waals surface area contributed by atoms with Crippen LogP contribution in [0.2, 0.25) is 0 Å². The summed E-state index contributed by atoms with van der Waals surface area (Å²) < 4.78 is 66.3. The molecule has 1 unspecified atom stereocenters. The molecule has 7 heteroatoms. The minimum atomic E-state index is -4.96. The van der Waals surface area contributed by atoms with Gasteiger partial charge in [-0.05, 0) is 46.4 Å². The Morgan fingerprint density at radius 3 is 2.00 bits per heavy atom. The van der Waals surface area contributed by atoms with Crippen molar-refractivity contribution in [3.8, 4) is 11.5 Å². The van der Waals surface area contributed by atoms with Crippen LogP contribution >= 0.6 is 0 Å². The topological polar surface area (TPSA) is 38.7 Å². The number of alkyl halides is 3. The van der Waals surface area contributed by atoms with E-state index in [0.717, 1.165) is 11.6 Å². The van der Waals surface area contributed by atoms with Gasteiger partial charge in [0.25, 0.3) is 0 Å². The minimum absolute atomic E-state index is 0.0776. The van der Waals surface area contributed by atoms with Crippen molar-refractivity contribution in [2.24, 2.45) is 0 Å². The molecule has 3 aromatic rings. The summed E-state index contributed by atoms with van der Waals surface area (Å²) >= 11 is 0. The lowest BCUT2D eigenvalue weighted by molar-refractivity contribution is -0.283. The highest BCUT2D eigenvalue weighted by Gasteiger charge is 2.55. The average Bonchev–Trinajstić information content (AvgIpc) is 2.75. The van der Waals surface area contributed by atoms with Gasteiger partial charge in [-0.15, -0.1) is 0 Å². The largest absolute Gasteiger partial charge is 0.454 e. The third-order valence-corrected chi connectivity index (χ3v) is 5.24. The van der Waals surface area contributed by atoms with Crippen LogP contribution in [0.15, 0.2) is 72.8 Å². The summed E-state index contributed by atoms with van der Waals surface area (Å²) in [5.41, 5.74) is -2.50. The van der Waals surface area contributed by atoms with Gasteiger partial charge in [-0.25, -0.2) is 4.39 Å². The second-order valence-electron chi connectivity index (χ2n) is 8.86. The zero-order chi connectivity index (χ0) is 24.3. The Bertz CT molecular complexity index is 1060. The van der Waals surface area contributed by atoms with Crippen molar-refractivity contribution in [3.63, 3.8) is 0 Å². The predicted molar refractivity (Wildman–Crippen MR) is 118 cm³/mol. The molecule has 0 aliphatic heterocycles. The molecule has 0 aliphatic rings. The van der Waals surface area contributed by atoms with Crippen molar-refractivity contribution in [2.45, 2.75) is 44.6 Å². The molecule has 0 amide bonds. The van der Waals surface area contributed by atoms with Gasteiger partial charge in [0.15, 0.2) is 11.6 Å². The zero-order valence-corrected chi connectivity index (χ0v) is 18.6. The number of halogens is 4. The molecule has 0 bridgehead atoms. The van der Waals surface area contributed by atoms with Crippen LogP contribution in [0, 0.1) is 5.82 Å². The second-order valence-corrected chi connectivity index (χ2v) is 8.86. The minimum Gasteiger partial charge on any atom is -0.454 e. The molecule has 3 nitrogen and oxygen atoms in total. The van der Waals surface area contributed by atoms with Crippen LogP contribution in [0.3, 0.4) is 0 Å². The fraction of sp³-hybridized carbons (Fsp3) is 0.308. The number of hydrogen-bond donors (Lipinski definition) is 1. The summed E-state index contributed by atoms with van der Waals surface area (Å²) in [4.78, 5) is 0. The van der Waals surface area contributed by atoms with Crippen molar-refractivity contribution in [1.29, 1.82) is 0 Å². The summed E-state index contributed by atoms with van der Waals surface area (Å²) in [7, 11) is 0. The molecule has 0 aliphatic carbocycles. The molecular weight excluding hydrogens is 436 g/mol. The quantitative estimate of drug-likeness (QED) is 0.389. The maximum absolute atomic E-state index is 14.1. The summed E-state index contributed by atoms with van der Waals surface area (Å²) in [6, 6.07) is 18.1. The average molecular weight is 462 g/mol. The van der Waals surface area contributed by atoms with Crippen LogP contribution in [-0.4, -0.2) is 17.9 Å². The van der Waals surface area contributed by atoms with Crippen LogP contribution in [0.5, 0.6) is 11.5 Å². The summed E-state index contributed by atoms with van der Waals surface area (Å²) in [6.45, 7) is 4.54. The van der Waals surface area contributed by atoms with Crippen molar-refractivity contribution in [3.05, 3.63) is 95.3 Å². The van der Waals surface area contributed by atoms with Crippen LogP contribution < -0.4 is 4.74 Å². The van der Waals surface area contributed by atoms with Gasteiger partial charge in [0, 0.05) is 0 Å². The first kappa shape index (κ1) is 24.7. The number of benzene rings is 3. The summed E-state index contributed by atoms with van der Waals surface area (Å²) in [5, 5.41) is 10.5. The van der Waals surface area contributed by atoms with Crippen LogP contribution in [0.25, 0.3) is 0 Å². The smallest absolute Gasteiger partial charge is 0.423 e. The Hall–Kier alpha value is -2.90. The Morgan fingerprint density at radius 2 is 1.42 bits per heavy atom. The van der Waals surface area contributed by atoms with E-state index in [0.29, 0.717) is 11.3 Å². The van der Waals surface area contributed by atoms with E-state index in [1.165, 1.54) is 24.3 Å². The van der Waals surface area contributed by atoms with E-state index < -0.39 is 24.2 Å². The van der Waals surface area contributed by atoms with E-state index in [1.807, 2.05) is 20.8 Å². The van der Waals surface area contributed by atoms with Gasteiger partial charge in [0.2, 0.25) is 5.60 Å². The number of aliphatic hydroxyl groups is 1. The highest BCUT2D eigenvalue weighted by Crippen LogP contribution is 2.40. The van der Waals surface area contributed by atoms with Crippen molar-refractivity contribution in [2.75, 3.05) is 6.61 Å². The van der Waals surface area contributed by atoms with Crippen LogP contribution in [0.1, 0.15) is 37.5 Å². The third kappa shape index (κ3) is 5.92. The lowest BCUT2D eigenvalue weighted by Crippen LogP contribution is -2.46. The Balaban J connectivity index is 1.74. The molecule has 176 valence electrons. The molecule has 33 heavy (non-hydrogen) atoms. The highest BCUT2D eigenvalue weighted by molar-refractivity contribution is 5.35. The number of hydrogen-bond acceptors (Lipinski definition) is 3. The second kappa shape index (κ2) is 9.53. The lowest BCUT2D eigenvalue weighted by Gasteiger charge is -2.31. The third-order valence-electron chi connectivity index (χ3n) is 5.24. The van der Waals surface area contributed by atoms with Crippen LogP contribution in [0.4, 0.5) is 17.6 Å². The van der Waals surface area contributed by atoms with E-state index in [-0.39, 0.29) is 23.3 Å². The van der Waals surface area contributed by atoms with E-state index in [4.69, 9.17) is 9.47 Å². The predicted octanol–water partition coefficient (Wildman–Crippen LogP) is 6.88. The van der Waals surface area contributed by atoms with Gasteiger partial charge in [-0.2, -0.15) is 13.2 Å². The summed E-state index contributed by atoms with van der Waals surface area (Å²) in [6.07, 6.45) is -4.96. The van der Waals surface area contributed by atoms with Gasteiger partial charge in [-0.3, -0.25) is 0 Å². The maximum atomic E-state index is 14.1. The molecule has 0 aromatic heterocycles. The van der Waals surface area contributed by atoms with E-state index >= 15 is 0 Å². The van der Waals surface area contributed by atoms with E-state index in [2.05, 4.69) is 0 Å². The molecule has 0 saturated carbocycles. The SMILES string of the molecule is CC(C)(C)c1ccc(C(O)(COCc2ccc(F)c(Oc3ccccc3)c2)C(F)(F)F)cc1. The van der Waals surface area contributed by atoms with Gasteiger partial charge >= 0.3 is 6.18 Å². The first-order valence-corrected chi connectivity index (χ1v) is 10.4. The molecular formula is C26H26F4O3. The zero-order valence-electron chi connectivity index (χ0n) is 18.6. The van der Waals surface area contributed by atoms with Crippen molar-refractivity contribution >= 4 is 0 Å². The Kier molecular flexibility index (Phi) is 7.14. The Morgan fingerprint density at radius 1 is 0.818 bits per heavy atom. The fourth-order valence-electron chi connectivity index (χ4n) is 3.22. The maximum Gasteiger partial charge on any atom is 0.423 e. The first-order valence-electron chi connectivity index (χ1n) is 10.4. The van der Waals surface area contributed by atoms with Gasteiger partial charge in [0.05, 0.1) is 13.2 Å². The molecule has 1 atom stereocenters. The number of ether oxygens (including phenoxy) is 2. The molecule has 3 aromatic carbocycles. The summed E-state index contributed by atoms with van der Waals surface area (Å²) in [5.74, 6) is -0.279. The molecule has 0 saturated heterocycles. The standard InChI is InChI=1S/C26H26F4O3/c1-24(2,3)19-10-12-20(13-11-19)25(31,26(28,29)30)17-32-16-18-9-14-22(27)23(15-18)33-21-7-5-4-6-8-21/h4-15,31H,16-17H2,1-3H3. The number of para-hydroxylation sites is 1. The van der Waals surface area contributed by atoms with Crippen molar-refractivity contribution < 1.29 is 32.1 Å². The van der Waals surface area contributed by atoms with Gasteiger partial charge in [0.1, 0.15) is 5.75 Å². The monoisotopic (exact) mass is 462 g/mol. The van der Waals surface area contributed by atoms with Crippen LogP contribution in [-0.2, 0) is 22.4 Å². The first-order chi connectivity index (χ1) is 15.4. The highest BCUT2D eigenvalue weighted by atomic mass is 19.4. The number of rotatable bonds is 7. The molecule has 0 spiro atoms. The van der Waals surface area contributed by atoms with Gasteiger partial charge in [-0.1, -0.05) is 69.3 Å². The van der Waals surface area contributed by atoms with E-state index in [9.17, 15) is 22.7 Å². The molecule has 1 N–H and O–H groups in total. The van der Waals surface area contributed by atoms with Crippen molar-refractivity contribution in [1.82, 2.24) is 0 Å². The molecule has 0 radical (unpaired) electrons. The lowest BCUT2D eigenvalue weighted by atomic mass is 9.84. The fourth-order valence-corrected chi connectivity index (χ4v) is 3.22. The molecule has 0 fully saturated rings. The molecule has 0 heterocycles. The Labute approximate surface area is 190 Å². The van der Waals surface area contributed by atoms with Gasteiger partial charge < -0.3 is 14.6 Å². The van der Waals surface area contributed by atoms with E-state index in [1.54, 1.807) is 42.5 Å². The normalized spacial score (nSPS) is 14.1.